The highest BCUT2D eigenvalue weighted by Crippen LogP contribution is 2.44. The van der Waals surface area contributed by atoms with Gasteiger partial charge in [0, 0.05) is 41.9 Å². The fourth-order valence-electron chi connectivity index (χ4n) is 7.59. The lowest BCUT2D eigenvalue weighted by Gasteiger charge is -2.46. The van der Waals surface area contributed by atoms with Gasteiger partial charge in [0.25, 0.3) is 5.69 Å². The molecule has 15 heteroatoms. The zero-order valence-electron chi connectivity index (χ0n) is 36.2. The lowest BCUT2D eigenvalue weighted by atomic mass is 9.70. The van der Waals surface area contributed by atoms with Crippen molar-refractivity contribution < 1.29 is 38.3 Å². The largest absolute Gasteiger partial charge is 0.496 e. The van der Waals surface area contributed by atoms with E-state index in [-0.39, 0.29) is 48.5 Å². The van der Waals surface area contributed by atoms with Crippen LogP contribution in [0.4, 0.5) is 21.0 Å². The summed E-state index contributed by atoms with van der Waals surface area (Å²) < 4.78 is 17.7. The number of carboxylic acid groups (broad SMARTS) is 1. The Morgan fingerprint density at radius 3 is 2.28 bits per heavy atom. The predicted octanol–water partition coefficient (Wildman–Crippen LogP) is 11.3. The molecular formula is C46H59ClN4O9Si. The van der Waals surface area contributed by atoms with Crippen molar-refractivity contribution in [1.82, 2.24) is 10.2 Å². The van der Waals surface area contributed by atoms with Gasteiger partial charge in [-0.2, -0.15) is 0 Å². The summed E-state index contributed by atoms with van der Waals surface area (Å²) in [5.74, 6) is 0.207. The van der Waals surface area contributed by atoms with Gasteiger partial charge in [-0.05, 0) is 86.1 Å². The Morgan fingerprint density at radius 1 is 1.00 bits per heavy atom. The number of alkyl carbamates (subject to hydrolysis) is 1. The number of benzene rings is 3. The number of hydrogen-bond acceptors (Lipinski definition) is 8. The number of nitro groups is 1. The van der Waals surface area contributed by atoms with Gasteiger partial charge in [0.2, 0.25) is 5.91 Å². The number of rotatable bonds is 16. The molecule has 3 aromatic rings. The minimum Gasteiger partial charge on any atom is -0.496 e. The van der Waals surface area contributed by atoms with Gasteiger partial charge in [0.1, 0.15) is 12.4 Å². The molecule has 328 valence electrons. The van der Waals surface area contributed by atoms with E-state index in [0.717, 1.165) is 30.4 Å². The third kappa shape index (κ3) is 11.6. The number of anilines is 1. The second-order valence-corrected chi connectivity index (χ2v) is 22.9. The average molecular weight is 876 g/mol. The number of nitro benzene ring substituents is 1. The van der Waals surface area contributed by atoms with Crippen molar-refractivity contribution in [3.8, 4) is 5.75 Å². The normalized spacial score (nSPS) is 19.4. The Bertz CT molecular complexity index is 2120. The van der Waals surface area contributed by atoms with Gasteiger partial charge >= 0.3 is 12.2 Å². The molecule has 0 aliphatic heterocycles. The van der Waals surface area contributed by atoms with Gasteiger partial charge < -0.3 is 29.6 Å². The fourth-order valence-corrected chi connectivity index (χ4v) is 8.78. The summed E-state index contributed by atoms with van der Waals surface area (Å²) in [6.45, 7) is 12.9. The molecule has 2 atom stereocenters. The van der Waals surface area contributed by atoms with E-state index in [0.29, 0.717) is 47.2 Å². The molecule has 0 spiro atoms. The summed E-state index contributed by atoms with van der Waals surface area (Å²) in [4.78, 5) is 52.7. The Hall–Kier alpha value is -5.18. The number of nitrogens with zero attached hydrogens (tertiary/aromatic N) is 2. The van der Waals surface area contributed by atoms with Gasteiger partial charge in [-0.25, -0.2) is 9.59 Å². The van der Waals surface area contributed by atoms with Crippen LogP contribution in [0.2, 0.25) is 23.2 Å². The predicted molar refractivity (Wildman–Crippen MR) is 239 cm³/mol. The SMILES string of the molecule is COc1cc(NC(=O)CCC[C@]2(NC(=O)OCc3ccc([N+](=O)[O-])cc3)C=C[C@@](C)(c3ccccc3)C(N(C(=O)O)C3CCCCC3)=C2)c(Cl)cc1CO[Si](C)(C)C(C)(C)C. The number of amides is 3. The Balaban J connectivity index is 1.42. The molecule has 61 heavy (non-hydrogen) atoms. The molecule has 0 bridgehead atoms. The van der Waals surface area contributed by atoms with Crippen LogP contribution in [0.25, 0.3) is 0 Å². The van der Waals surface area contributed by atoms with Gasteiger partial charge in [0.15, 0.2) is 8.32 Å². The van der Waals surface area contributed by atoms with E-state index >= 15 is 0 Å². The number of allylic oxidation sites excluding steroid dienone is 1. The first-order chi connectivity index (χ1) is 28.8. The van der Waals surface area contributed by atoms with Crippen molar-refractivity contribution >= 4 is 49.4 Å². The topological polar surface area (TPSA) is 170 Å². The van der Waals surface area contributed by atoms with Gasteiger partial charge in [-0.3, -0.25) is 19.8 Å². The van der Waals surface area contributed by atoms with E-state index in [4.69, 9.17) is 25.5 Å². The quantitative estimate of drug-likeness (QED) is 0.0548. The standard InChI is InChI=1S/C46H59ClN4O9Si/c1-44(2,3)61(6,7)60-31-33-27-37(47)38(28-39(33)58-5)48-41(52)19-14-24-46(49-42(53)59-30-32-20-22-36(23-21-32)51(56)57)26-25-45(4,34-15-10-8-11-16-34)40(29-46)50(43(54)55)35-17-12-9-13-18-35/h8,10-11,15-16,20-23,25-29,35H,9,12-14,17-19,24,30-31H2,1-7H3,(H,48,52)(H,49,53)(H,54,55)/t45-,46-/m0/s1. The number of ether oxygens (including phenoxy) is 2. The molecule has 0 saturated heterocycles. The summed E-state index contributed by atoms with van der Waals surface area (Å²) >= 11 is 6.71. The highest BCUT2D eigenvalue weighted by atomic mass is 35.5. The van der Waals surface area contributed by atoms with Crippen LogP contribution in [0.15, 0.2) is 90.7 Å². The smallest absolute Gasteiger partial charge is 0.411 e. The molecule has 5 rings (SSSR count). The van der Waals surface area contributed by atoms with Crippen molar-refractivity contribution in [2.45, 2.75) is 127 Å². The van der Waals surface area contributed by atoms with E-state index in [2.05, 4.69) is 44.5 Å². The first kappa shape index (κ1) is 46.9. The number of nitrogens with one attached hydrogen (secondary N) is 2. The van der Waals surface area contributed by atoms with E-state index in [1.54, 1.807) is 25.3 Å². The molecule has 1 fully saturated rings. The Morgan fingerprint density at radius 2 is 1.67 bits per heavy atom. The number of non-ortho nitro benzene ring substituents is 1. The zero-order valence-corrected chi connectivity index (χ0v) is 38.0. The van der Waals surface area contributed by atoms with Crippen LogP contribution in [0.3, 0.4) is 0 Å². The van der Waals surface area contributed by atoms with Crippen LogP contribution in [-0.4, -0.2) is 60.0 Å². The molecule has 13 nitrogen and oxygen atoms in total. The number of carbonyl (C=O) groups excluding carboxylic acids is 2. The molecule has 0 radical (unpaired) electrons. The van der Waals surface area contributed by atoms with Gasteiger partial charge in [0.05, 0.1) is 40.3 Å². The highest BCUT2D eigenvalue weighted by molar-refractivity contribution is 6.74. The summed E-state index contributed by atoms with van der Waals surface area (Å²) in [6.07, 6.45) is 8.45. The van der Waals surface area contributed by atoms with Crippen molar-refractivity contribution in [1.29, 1.82) is 0 Å². The summed E-state index contributed by atoms with van der Waals surface area (Å²) in [5.41, 5.74) is 0.807. The van der Waals surface area contributed by atoms with E-state index in [9.17, 15) is 29.6 Å². The maximum absolute atomic E-state index is 13.7. The van der Waals surface area contributed by atoms with Crippen LogP contribution < -0.4 is 15.4 Å². The third-order valence-corrected chi connectivity index (χ3v) is 17.1. The number of hydrogen-bond donors (Lipinski definition) is 3. The molecule has 3 aromatic carbocycles. The van der Waals surface area contributed by atoms with Crippen LogP contribution in [0.5, 0.6) is 5.75 Å². The Labute approximate surface area is 364 Å². The van der Waals surface area contributed by atoms with Crippen LogP contribution in [0, 0.1) is 10.1 Å². The average Bonchev–Trinajstić information content (AvgIpc) is 3.22. The van der Waals surface area contributed by atoms with Crippen molar-refractivity contribution in [3.05, 3.63) is 122 Å². The van der Waals surface area contributed by atoms with Crippen LogP contribution in [0.1, 0.15) is 95.8 Å². The minimum absolute atomic E-state index is 0.0129. The van der Waals surface area contributed by atoms with E-state index in [1.165, 1.54) is 29.2 Å². The van der Waals surface area contributed by atoms with Gasteiger partial charge in [-0.1, -0.05) is 94.1 Å². The van der Waals surface area contributed by atoms with Crippen LogP contribution in [-0.2, 0) is 32.6 Å². The number of carbonyl (C=O) groups is 3. The second kappa shape index (κ2) is 19.7. The second-order valence-electron chi connectivity index (χ2n) is 17.6. The van der Waals surface area contributed by atoms with E-state index in [1.807, 2.05) is 49.4 Å². The maximum Gasteiger partial charge on any atom is 0.411 e. The van der Waals surface area contributed by atoms with E-state index < -0.39 is 36.4 Å². The molecule has 3 amide bonds. The summed E-state index contributed by atoms with van der Waals surface area (Å²) in [6, 6.07) is 18.5. The number of methoxy groups -OCH3 is 1. The molecule has 1 saturated carbocycles. The van der Waals surface area contributed by atoms with Crippen molar-refractivity contribution in [2.75, 3.05) is 12.4 Å². The lowest BCUT2D eigenvalue weighted by molar-refractivity contribution is -0.384. The maximum atomic E-state index is 13.7. The zero-order chi connectivity index (χ0) is 44.6. The van der Waals surface area contributed by atoms with Crippen molar-refractivity contribution in [3.63, 3.8) is 0 Å². The molecule has 2 aliphatic carbocycles. The van der Waals surface area contributed by atoms with Crippen molar-refractivity contribution in [2.24, 2.45) is 0 Å². The molecule has 0 heterocycles. The monoisotopic (exact) mass is 874 g/mol. The molecule has 2 aliphatic rings. The molecule has 0 unspecified atom stereocenters. The third-order valence-electron chi connectivity index (χ3n) is 12.3. The molecular weight excluding hydrogens is 816 g/mol. The number of halogens is 1. The van der Waals surface area contributed by atoms with Crippen LogP contribution >= 0.6 is 11.6 Å². The first-order valence-electron chi connectivity index (χ1n) is 20.8. The first-order valence-corrected chi connectivity index (χ1v) is 24.1. The summed E-state index contributed by atoms with van der Waals surface area (Å²) in [7, 11) is -0.515. The summed E-state index contributed by atoms with van der Waals surface area (Å²) in [5, 5.41) is 28.3. The highest BCUT2D eigenvalue weighted by Gasteiger charge is 2.45. The minimum atomic E-state index is -2.07. The van der Waals surface area contributed by atoms with Gasteiger partial charge in [-0.15, -0.1) is 0 Å². The lowest BCUT2D eigenvalue weighted by Crippen LogP contribution is -2.53. The molecule has 3 N–H and O–H groups in total. The fraction of sp³-hybridized carbons (Fsp3) is 0.457. The molecule has 0 aromatic heterocycles. The Kier molecular flexibility index (Phi) is 15.1.